The zero-order valence-corrected chi connectivity index (χ0v) is 22.0. The van der Waals surface area contributed by atoms with E-state index in [0.29, 0.717) is 24.2 Å². The van der Waals surface area contributed by atoms with Gasteiger partial charge in [0.15, 0.2) is 0 Å². The summed E-state index contributed by atoms with van der Waals surface area (Å²) in [5.74, 6) is 1.19. The summed E-state index contributed by atoms with van der Waals surface area (Å²) >= 11 is 0. The molecule has 0 spiro atoms. The quantitative estimate of drug-likeness (QED) is 0.573. The van der Waals surface area contributed by atoms with E-state index in [0.717, 1.165) is 29.5 Å². The third-order valence-electron chi connectivity index (χ3n) is 9.39. The van der Waals surface area contributed by atoms with Gasteiger partial charge in [-0.15, -0.1) is 0 Å². The zero-order chi connectivity index (χ0) is 25.2. The minimum Gasteiger partial charge on any atom is -0.404 e. The largest absolute Gasteiger partial charge is 0.481 e. The number of hydrogen-bond donors (Lipinski definition) is 1. The van der Waals surface area contributed by atoms with Gasteiger partial charge in [0.05, 0.1) is 23.4 Å². The molecule has 1 N–H and O–H groups in total. The highest BCUT2D eigenvalue weighted by Gasteiger charge is 2.68. The van der Waals surface area contributed by atoms with Gasteiger partial charge in [-0.1, -0.05) is 69.2 Å². The minimum absolute atomic E-state index is 0.0939. The number of rotatable bonds is 6. The highest BCUT2D eigenvalue weighted by atomic mass is 16.7. The molecule has 0 radical (unpaired) electrons. The van der Waals surface area contributed by atoms with Crippen LogP contribution in [-0.4, -0.2) is 42.5 Å². The lowest BCUT2D eigenvalue weighted by Crippen LogP contribution is -2.65. The second kappa shape index (κ2) is 8.59. The molecule has 3 aliphatic carbocycles. The molecule has 5 aliphatic rings. The van der Waals surface area contributed by atoms with E-state index in [1.807, 2.05) is 18.2 Å². The second-order valence-corrected chi connectivity index (χ2v) is 12.5. The minimum atomic E-state index is -0.646. The Bertz CT molecular complexity index is 1210. The van der Waals surface area contributed by atoms with Crippen LogP contribution >= 0.6 is 0 Å². The van der Waals surface area contributed by atoms with E-state index < -0.39 is 13.2 Å². The highest BCUT2D eigenvalue weighted by molar-refractivity contribution is 6.48. The van der Waals surface area contributed by atoms with Gasteiger partial charge >= 0.3 is 7.12 Å². The number of amides is 1. The van der Waals surface area contributed by atoms with Crippen molar-refractivity contribution in [3.63, 3.8) is 0 Å². The Morgan fingerprint density at radius 1 is 1.14 bits per heavy atom. The fraction of sp³-hybridized carbons (Fsp3) is 0.586. The Kier molecular flexibility index (Phi) is 5.73. The maximum Gasteiger partial charge on any atom is 0.481 e. The van der Waals surface area contributed by atoms with Gasteiger partial charge in [0.1, 0.15) is 0 Å². The number of benzene rings is 2. The molecule has 7 rings (SSSR count). The van der Waals surface area contributed by atoms with Gasteiger partial charge in [-0.3, -0.25) is 4.79 Å². The van der Waals surface area contributed by atoms with E-state index in [2.05, 4.69) is 69.4 Å². The van der Waals surface area contributed by atoms with Gasteiger partial charge in [-0.25, -0.2) is 0 Å². The SMILES string of the molecule is CC(C)C[C@H](NC(=O)C1CC(c2ccc3ccccc3c2)=NO1)B1O[C@@H]2C[C@@H]3C[C@@H](C3(C)C)[C@]2(C)O1. The molecule has 2 bridgehead atoms. The molecule has 1 unspecified atom stereocenters. The average molecular weight is 488 g/mol. The summed E-state index contributed by atoms with van der Waals surface area (Å²) in [4.78, 5) is 19.0. The second-order valence-electron chi connectivity index (χ2n) is 12.5. The topological polar surface area (TPSA) is 69.2 Å². The number of fused-ring (bicyclic) bond motifs is 1. The summed E-state index contributed by atoms with van der Waals surface area (Å²) in [5.41, 5.74) is 1.78. The van der Waals surface area contributed by atoms with Crippen LogP contribution in [0.3, 0.4) is 0 Å². The Labute approximate surface area is 214 Å². The van der Waals surface area contributed by atoms with Crippen LogP contribution in [0.2, 0.25) is 0 Å². The third-order valence-corrected chi connectivity index (χ3v) is 9.39. The number of carbonyl (C=O) groups is 1. The zero-order valence-electron chi connectivity index (χ0n) is 22.0. The Morgan fingerprint density at radius 3 is 2.67 bits per heavy atom. The van der Waals surface area contributed by atoms with Crippen molar-refractivity contribution in [2.75, 3.05) is 0 Å². The van der Waals surface area contributed by atoms with E-state index in [4.69, 9.17) is 14.1 Å². The van der Waals surface area contributed by atoms with Gasteiger partial charge in [0.2, 0.25) is 6.10 Å². The van der Waals surface area contributed by atoms with Crippen LogP contribution in [0.25, 0.3) is 10.8 Å². The number of nitrogens with zero attached hydrogens (tertiary/aromatic N) is 1. The molecule has 2 aromatic carbocycles. The molecular weight excluding hydrogens is 451 g/mol. The molecule has 190 valence electrons. The molecule has 2 aromatic rings. The monoisotopic (exact) mass is 488 g/mol. The summed E-state index contributed by atoms with van der Waals surface area (Å²) in [5, 5.41) is 9.82. The lowest BCUT2D eigenvalue weighted by molar-refractivity contribution is -0.199. The first kappa shape index (κ1) is 24.0. The van der Waals surface area contributed by atoms with Crippen LogP contribution in [0, 0.1) is 23.2 Å². The fourth-order valence-corrected chi connectivity index (χ4v) is 7.15. The highest BCUT2D eigenvalue weighted by Crippen LogP contribution is 2.65. The maximum absolute atomic E-state index is 13.3. The molecule has 4 fully saturated rings. The van der Waals surface area contributed by atoms with Gasteiger partial charge < -0.3 is 19.5 Å². The third kappa shape index (κ3) is 3.86. The first-order valence-electron chi connectivity index (χ1n) is 13.5. The van der Waals surface area contributed by atoms with Crippen LogP contribution in [0.4, 0.5) is 0 Å². The predicted octanol–water partition coefficient (Wildman–Crippen LogP) is 5.13. The Morgan fingerprint density at radius 2 is 1.92 bits per heavy atom. The normalized spacial score (nSPS) is 33.1. The van der Waals surface area contributed by atoms with E-state index >= 15 is 0 Å². The molecule has 1 saturated heterocycles. The van der Waals surface area contributed by atoms with Gasteiger partial charge in [0.25, 0.3) is 5.91 Å². The molecule has 36 heavy (non-hydrogen) atoms. The smallest absolute Gasteiger partial charge is 0.404 e. The first-order chi connectivity index (χ1) is 17.1. The first-order valence-corrected chi connectivity index (χ1v) is 13.5. The van der Waals surface area contributed by atoms with Gasteiger partial charge in [-0.2, -0.15) is 0 Å². The summed E-state index contributed by atoms with van der Waals surface area (Å²) in [6.07, 6.45) is 2.92. The number of hydrogen-bond acceptors (Lipinski definition) is 5. The van der Waals surface area contributed by atoms with Crippen LogP contribution in [0.1, 0.15) is 65.9 Å². The van der Waals surface area contributed by atoms with E-state index in [9.17, 15) is 4.79 Å². The van der Waals surface area contributed by atoms with Crippen LogP contribution in [0.15, 0.2) is 47.6 Å². The van der Waals surface area contributed by atoms with Crippen molar-refractivity contribution in [3.05, 3.63) is 48.0 Å². The molecule has 3 saturated carbocycles. The van der Waals surface area contributed by atoms with Crippen molar-refractivity contribution in [1.82, 2.24) is 5.32 Å². The van der Waals surface area contributed by atoms with Gasteiger partial charge in [0, 0.05) is 12.0 Å². The van der Waals surface area contributed by atoms with Crippen LogP contribution in [0.5, 0.6) is 0 Å². The molecule has 6 nitrogen and oxygen atoms in total. The van der Waals surface area contributed by atoms with E-state index in [1.54, 1.807) is 0 Å². The van der Waals surface area contributed by atoms with Crippen molar-refractivity contribution in [2.24, 2.45) is 28.3 Å². The summed E-state index contributed by atoms with van der Waals surface area (Å²) in [6, 6.07) is 14.5. The lowest BCUT2D eigenvalue weighted by atomic mass is 9.43. The van der Waals surface area contributed by atoms with Gasteiger partial charge in [-0.05, 0) is 66.2 Å². The number of nitrogens with one attached hydrogen (secondary N) is 1. The lowest BCUT2D eigenvalue weighted by Gasteiger charge is -2.64. The van der Waals surface area contributed by atoms with Crippen molar-refractivity contribution in [3.8, 4) is 0 Å². The molecule has 6 atom stereocenters. The molecule has 7 heteroatoms. The standard InChI is InChI=1S/C29H37BN2O4/c1-17(2)12-26(30-34-25-15-21-14-24(28(21,3)4)29(25,5)36-30)31-27(33)23-16-22(32-35-23)20-11-10-18-8-6-7-9-19(18)13-20/h6-11,13,17,21,23-26H,12,14-16H2,1-5H3,(H,31,33)/t21-,23?,24-,25+,26-,29-/m0/s1. The maximum atomic E-state index is 13.3. The average Bonchev–Trinajstić information content (AvgIpc) is 3.47. The summed E-state index contributed by atoms with van der Waals surface area (Å²) in [6.45, 7) is 11.3. The van der Waals surface area contributed by atoms with Crippen molar-refractivity contribution < 1.29 is 18.9 Å². The molecule has 2 heterocycles. The number of carbonyl (C=O) groups excluding carboxylic acids is 1. The molecule has 2 aliphatic heterocycles. The van der Waals surface area contributed by atoms with Crippen molar-refractivity contribution >= 4 is 29.5 Å². The van der Waals surface area contributed by atoms with E-state index in [1.165, 1.54) is 11.8 Å². The van der Waals surface area contributed by atoms with Crippen molar-refractivity contribution in [2.45, 2.75) is 84.1 Å². The van der Waals surface area contributed by atoms with E-state index in [-0.39, 0.29) is 29.0 Å². The predicted molar refractivity (Wildman–Crippen MR) is 141 cm³/mol. The van der Waals surface area contributed by atoms with Crippen molar-refractivity contribution in [1.29, 1.82) is 0 Å². The van der Waals surface area contributed by atoms with Crippen LogP contribution < -0.4 is 5.32 Å². The molecule has 0 aromatic heterocycles. The van der Waals surface area contributed by atoms with Crippen LogP contribution in [-0.2, 0) is 18.9 Å². The Hall–Kier alpha value is -2.38. The Balaban J connectivity index is 1.13. The molecular formula is C29H37BN2O4. The molecule has 1 amide bonds. The number of oxime groups is 1. The summed E-state index contributed by atoms with van der Waals surface area (Å²) < 4.78 is 13.2. The summed E-state index contributed by atoms with van der Waals surface area (Å²) in [7, 11) is -0.441. The fourth-order valence-electron chi connectivity index (χ4n) is 7.15.